The lowest BCUT2D eigenvalue weighted by Gasteiger charge is -2.29. The van der Waals surface area contributed by atoms with E-state index in [-0.39, 0.29) is 30.6 Å². The van der Waals surface area contributed by atoms with Gasteiger partial charge in [-0.2, -0.15) is 0 Å². The molecule has 0 bridgehead atoms. The van der Waals surface area contributed by atoms with E-state index >= 15 is 0 Å². The van der Waals surface area contributed by atoms with Crippen molar-refractivity contribution in [2.45, 2.75) is 77.5 Å². The number of aliphatic carboxylic acids is 1. The molecule has 13 heteroatoms. The van der Waals surface area contributed by atoms with Gasteiger partial charge in [0.05, 0.1) is 6.04 Å². The molecule has 0 radical (unpaired) electrons. The van der Waals surface area contributed by atoms with Gasteiger partial charge in [0.15, 0.2) is 5.96 Å². The molecule has 0 spiro atoms. The number of aliphatic imine (C=N–C) groups is 1. The molecule has 41 heavy (non-hydrogen) atoms. The molecule has 1 heterocycles. The first-order chi connectivity index (χ1) is 19.3. The average Bonchev–Trinajstić information content (AvgIpc) is 3.33. The number of nitrogens with zero attached hydrogens (tertiary/aromatic N) is 1. The number of aromatic nitrogens is 1. The van der Waals surface area contributed by atoms with Gasteiger partial charge < -0.3 is 43.2 Å². The quantitative estimate of drug-likeness (QED) is 0.0791. The van der Waals surface area contributed by atoms with Gasteiger partial charge in [0, 0.05) is 30.1 Å². The summed E-state index contributed by atoms with van der Waals surface area (Å²) in [4.78, 5) is 58.6. The number of hydrogen-bond donors (Lipinski definition) is 8. The molecular formula is C28H44N8O5. The van der Waals surface area contributed by atoms with E-state index in [1.54, 1.807) is 27.0 Å². The highest BCUT2D eigenvalue weighted by Crippen LogP contribution is 2.20. The molecule has 5 unspecified atom stereocenters. The summed E-state index contributed by atoms with van der Waals surface area (Å²) in [6.45, 7) is 7.32. The standard InChI is InChI=1S/C28H44N8O5/c1-5-16(4)23(26(39)35-22(15(2)3)27(40)41)36-25(38)21(13-17-14-33-20-11-7-6-9-18(17)20)34-24(37)19(29)10-8-12-32-28(30)31/h6-7,9,11,14-16,19,21-23,33H,5,8,10,12-13,29H2,1-4H3,(H,34,37)(H,35,39)(H,36,38)(H,40,41)(H4,30,31,32). The number of hydrogen-bond acceptors (Lipinski definition) is 6. The number of nitrogens with one attached hydrogen (secondary N) is 4. The molecule has 0 fully saturated rings. The number of para-hydroxylation sites is 1. The van der Waals surface area contributed by atoms with Gasteiger partial charge in [0.2, 0.25) is 17.7 Å². The summed E-state index contributed by atoms with van der Waals surface area (Å²) in [6.07, 6.45) is 3.18. The second-order valence-corrected chi connectivity index (χ2v) is 10.6. The second-order valence-electron chi connectivity index (χ2n) is 10.6. The maximum Gasteiger partial charge on any atom is 0.326 e. The van der Waals surface area contributed by atoms with Crippen molar-refractivity contribution in [3.05, 3.63) is 36.0 Å². The van der Waals surface area contributed by atoms with Crippen molar-refractivity contribution in [3.63, 3.8) is 0 Å². The van der Waals surface area contributed by atoms with E-state index in [2.05, 4.69) is 25.9 Å². The van der Waals surface area contributed by atoms with Crippen molar-refractivity contribution in [3.8, 4) is 0 Å². The van der Waals surface area contributed by atoms with Crippen LogP contribution < -0.4 is 33.2 Å². The van der Waals surface area contributed by atoms with Crippen LogP contribution in [-0.2, 0) is 25.6 Å². The SMILES string of the molecule is CCC(C)C(NC(=O)C(Cc1c[nH]c2ccccc12)NC(=O)C(N)CCCN=C(N)N)C(=O)NC(C(=O)O)C(C)C. The predicted molar refractivity (Wildman–Crippen MR) is 158 cm³/mol. The number of carboxylic acids is 1. The highest BCUT2D eigenvalue weighted by molar-refractivity contribution is 5.95. The van der Waals surface area contributed by atoms with Crippen LogP contribution in [0.3, 0.4) is 0 Å². The highest BCUT2D eigenvalue weighted by atomic mass is 16.4. The van der Waals surface area contributed by atoms with Crippen LogP contribution in [0.1, 0.15) is 52.5 Å². The van der Waals surface area contributed by atoms with Crippen LogP contribution in [0.25, 0.3) is 10.9 Å². The number of carboxylic acid groups (broad SMARTS) is 1. The fourth-order valence-electron chi connectivity index (χ4n) is 4.37. The minimum atomic E-state index is -1.17. The maximum atomic E-state index is 13.7. The van der Waals surface area contributed by atoms with Gasteiger partial charge in [0.1, 0.15) is 18.1 Å². The van der Waals surface area contributed by atoms with Gasteiger partial charge in [-0.05, 0) is 36.3 Å². The van der Waals surface area contributed by atoms with Gasteiger partial charge in [-0.1, -0.05) is 52.3 Å². The van der Waals surface area contributed by atoms with Crippen molar-refractivity contribution >= 4 is 40.6 Å². The Morgan fingerprint density at radius 3 is 2.24 bits per heavy atom. The van der Waals surface area contributed by atoms with Gasteiger partial charge in [-0.25, -0.2) is 4.79 Å². The molecule has 0 aliphatic heterocycles. The molecule has 1 aromatic heterocycles. The Hall–Kier alpha value is -4.13. The summed E-state index contributed by atoms with van der Waals surface area (Å²) in [5, 5.41) is 18.5. The summed E-state index contributed by atoms with van der Waals surface area (Å²) < 4.78 is 0. The number of guanidine groups is 1. The third-order valence-corrected chi connectivity index (χ3v) is 7.06. The molecule has 5 atom stereocenters. The van der Waals surface area contributed by atoms with Crippen molar-refractivity contribution < 1.29 is 24.3 Å². The van der Waals surface area contributed by atoms with Crippen molar-refractivity contribution in [2.24, 2.45) is 34.0 Å². The lowest BCUT2D eigenvalue weighted by Crippen LogP contribution is -2.59. The topological polar surface area (TPSA) is 231 Å². The zero-order valence-corrected chi connectivity index (χ0v) is 24.1. The van der Waals surface area contributed by atoms with E-state index in [4.69, 9.17) is 17.2 Å². The van der Waals surface area contributed by atoms with E-state index < -0.39 is 47.9 Å². The molecule has 0 aliphatic rings. The third kappa shape index (κ3) is 9.78. The van der Waals surface area contributed by atoms with E-state index in [1.165, 1.54) is 0 Å². The first-order valence-electron chi connectivity index (χ1n) is 13.9. The second kappa shape index (κ2) is 15.6. The van der Waals surface area contributed by atoms with E-state index in [0.29, 0.717) is 19.4 Å². The summed E-state index contributed by atoms with van der Waals surface area (Å²) in [7, 11) is 0. The number of H-pyrrole nitrogens is 1. The number of rotatable bonds is 16. The summed E-state index contributed by atoms with van der Waals surface area (Å²) in [6, 6.07) is 3.43. The Bertz CT molecular complexity index is 1220. The van der Waals surface area contributed by atoms with Crippen LogP contribution in [0.4, 0.5) is 0 Å². The lowest BCUT2D eigenvalue weighted by molar-refractivity contribution is -0.144. The van der Waals surface area contributed by atoms with Gasteiger partial charge in [-0.3, -0.25) is 19.4 Å². The summed E-state index contributed by atoms with van der Waals surface area (Å²) in [5.74, 6) is -3.64. The summed E-state index contributed by atoms with van der Waals surface area (Å²) in [5.41, 5.74) is 18.4. The molecule has 0 saturated carbocycles. The van der Waals surface area contributed by atoms with Crippen LogP contribution in [-0.4, -0.2) is 70.5 Å². The molecule has 11 N–H and O–H groups in total. The Morgan fingerprint density at radius 1 is 0.976 bits per heavy atom. The highest BCUT2D eigenvalue weighted by Gasteiger charge is 2.33. The molecule has 13 nitrogen and oxygen atoms in total. The van der Waals surface area contributed by atoms with Crippen LogP contribution in [0.2, 0.25) is 0 Å². The monoisotopic (exact) mass is 572 g/mol. The van der Waals surface area contributed by atoms with Crippen LogP contribution in [0.15, 0.2) is 35.5 Å². The zero-order valence-electron chi connectivity index (χ0n) is 24.1. The number of nitrogens with two attached hydrogens (primary N) is 3. The fourth-order valence-corrected chi connectivity index (χ4v) is 4.37. The molecule has 226 valence electrons. The minimum Gasteiger partial charge on any atom is -0.480 e. The first kappa shape index (κ1) is 33.1. The molecular weight excluding hydrogens is 528 g/mol. The Balaban J connectivity index is 2.28. The van der Waals surface area contributed by atoms with Crippen molar-refractivity contribution in [1.82, 2.24) is 20.9 Å². The number of aromatic amines is 1. The Labute approximate surface area is 240 Å². The molecule has 3 amide bonds. The Kier molecular flexibility index (Phi) is 12.6. The van der Waals surface area contributed by atoms with E-state index in [1.807, 2.05) is 31.2 Å². The predicted octanol–water partition coefficient (Wildman–Crippen LogP) is 0.332. The van der Waals surface area contributed by atoms with E-state index in [0.717, 1.165) is 16.5 Å². The van der Waals surface area contributed by atoms with Crippen molar-refractivity contribution in [1.29, 1.82) is 0 Å². The number of carbonyl (C=O) groups excluding carboxylic acids is 3. The molecule has 2 aromatic rings. The molecule has 0 saturated heterocycles. The van der Waals surface area contributed by atoms with Gasteiger partial charge in [0.25, 0.3) is 0 Å². The van der Waals surface area contributed by atoms with Gasteiger partial charge in [-0.15, -0.1) is 0 Å². The summed E-state index contributed by atoms with van der Waals surface area (Å²) >= 11 is 0. The molecule has 0 aliphatic carbocycles. The molecule has 2 rings (SSSR count). The zero-order chi connectivity index (χ0) is 30.7. The number of amides is 3. The van der Waals surface area contributed by atoms with Gasteiger partial charge >= 0.3 is 5.97 Å². The molecule has 1 aromatic carbocycles. The third-order valence-electron chi connectivity index (χ3n) is 7.06. The van der Waals surface area contributed by atoms with Crippen molar-refractivity contribution in [2.75, 3.05) is 6.54 Å². The Morgan fingerprint density at radius 2 is 1.63 bits per heavy atom. The number of fused-ring (bicyclic) bond motifs is 1. The van der Waals surface area contributed by atoms with Crippen LogP contribution in [0, 0.1) is 11.8 Å². The van der Waals surface area contributed by atoms with Crippen LogP contribution in [0.5, 0.6) is 0 Å². The van der Waals surface area contributed by atoms with Crippen LogP contribution >= 0.6 is 0 Å². The smallest absolute Gasteiger partial charge is 0.326 e. The fraction of sp³-hybridized carbons (Fsp3) is 0.536. The number of benzene rings is 1. The minimum absolute atomic E-state index is 0.0542. The average molecular weight is 573 g/mol. The number of carbonyl (C=O) groups is 4. The first-order valence-corrected chi connectivity index (χ1v) is 13.9. The van der Waals surface area contributed by atoms with E-state index in [9.17, 15) is 24.3 Å². The normalized spacial score (nSPS) is 14.9. The largest absolute Gasteiger partial charge is 0.480 e. The lowest BCUT2D eigenvalue weighted by atomic mass is 9.95. The maximum absolute atomic E-state index is 13.7.